The molecule has 6 rings (SSSR count). The number of halogens is 1. The lowest BCUT2D eigenvalue weighted by Crippen LogP contribution is -2.13. The van der Waals surface area contributed by atoms with E-state index in [0.717, 1.165) is 10.9 Å². The molecule has 0 unspecified atom stereocenters. The molecule has 1 N–H and O–H groups in total. The third kappa shape index (κ3) is 5.99. The minimum Gasteiger partial charge on any atom is -0.457 e. The van der Waals surface area contributed by atoms with Gasteiger partial charge in [-0.3, -0.25) is 9.59 Å². The number of amides is 1. The highest BCUT2D eigenvalue weighted by atomic mass is 35.5. The Balaban J connectivity index is 1.32. The minimum atomic E-state index is -0.255. The molecule has 0 saturated carbocycles. The maximum atomic E-state index is 13.5. The molecular formula is C35H24ClN3O3. The van der Waals surface area contributed by atoms with Crippen LogP contribution in [0.3, 0.4) is 0 Å². The number of carbonyl (C=O) groups is 2. The Morgan fingerprint density at radius 3 is 2.14 bits per heavy atom. The molecule has 1 aromatic heterocycles. The largest absolute Gasteiger partial charge is 0.457 e. The normalized spacial score (nSPS) is 11.1. The van der Waals surface area contributed by atoms with Crippen LogP contribution in [-0.2, 0) is 0 Å². The summed E-state index contributed by atoms with van der Waals surface area (Å²) in [5.41, 5.74) is 3.87. The minimum absolute atomic E-state index is 0.211. The number of hydrogen-bond acceptors (Lipinski definition) is 4. The first kappa shape index (κ1) is 26.7. The fourth-order valence-corrected chi connectivity index (χ4v) is 4.60. The highest BCUT2D eigenvalue weighted by Crippen LogP contribution is 2.30. The van der Waals surface area contributed by atoms with Crippen LogP contribution in [0.4, 0.5) is 5.69 Å². The number of ether oxygens (including phenoxy) is 1. The summed E-state index contributed by atoms with van der Waals surface area (Å²) < 4.78 is 7.57. The van der Waals surface area contributed by atoms with E-state index in [0.29, 0.717) is 44.5 Å². The smallest absolute Gasteiger partial charge is 0.278 e. The summed E-state index contributed by atoms with van der Waals surface area (Å²) in [6.07, 6.45) is 3.80. The maximum Gasteiger partial charge on any atom is 0.278 e. The van der Waals surface area contributed by atoms with E-state index in [9.17, 15) is 9.59 Å². The van der Waals surface area contributed by atoms with Gasteiger partial charge in [-0.25, -0.2) is 0 Å². The number of nitrogens with zero attached hydrogens (tertiary/aromatic N) is 2. The van der Waals surface area contributed by atoms with Gasteiger partial charge in [0.2, 0.25) is 0 Å². The summed E-state index contributed by atoms with van der Waals surface area (Å²) in [4.78, 5) is 26.1. The number of fused-ring (bicyclic) bond motifs is 1. The molecule has 42 heavy (non-hydrogen) atoms. The summed E-state index contributed by atoms with van der Waals surface area (Å²) in [6.45, 7) is 0. The van der Waals surface area contributed by atoms with Gasteiger partial charge >= 0.3 is 0 Å². The quantitative estimate of drug-likeness (QED) is 0.209. The fraction of sp³-hybridized carbons (Fsp3) is 0. The van der Waals surface area contributed by atoms with Crippen molar-refractivity contribution in [1.82, 2.24) is 9.78 Å². The molecule has 6 aromatic rings. The van der Waals surface area contributed by atoms with Crippen molar-refractivity contribution >= 4 is 52.2 Å². The van der Waals surface area contributed by atoms with Gasteiger partial charge in [0.1, 0.15) is 11.5 Å². The molecule has 204 valence electrons. The second-order valence-electron chi connectivity index (χ2n) is 9.48. The van der Waals surface area contributed by atoms with Crippen LogP contribution in [0.2, 0.25) is 5.02 Å². The summed E-state index contributed by atoms with van der Waals surface area (Å²) in [6, 6.07) is 38.1. The number of benzene rings is 5. The number of anilines is 1. The first-order valence-corrected chi connectivity index (χ1v) is 13.6. The van der Waals surface area contributed by atoms with Gasteiger partial charge in [0, 0.05) is 39.4 Å². The van der Waals surface area contributed by atoms with Crippen LogP contribution in [0, 0.1) is 0 Å². The molecule has 0 bridgehead atoms. The molecule has 0 spiro atoms. The lowest BCUT2D eigenvalue weighted by molar-refractivity contribution is 0.0949. The number of aromatic nitrogens is 2. The predicted octanol–water partition coefficient (Wildman–Crippen LogP) is 8.59. The van der Waals surface area contributed by atoms with Crippen molar-refractivity contribution in [2.45, 2.75) is 0 Å². The van der Waals surface area contributed by atoms with E-state index >= 15 is 0 Å². The van der Waals surface area contributed by atoms with E-state index in [-0.39, 0.29) is 11.8 Å². The standard InChI is InChI=1S/C35H24ClN3O3/c36-27-17-14-24(15-18-27)16-21-32-31-20-19-30(23-33(31)39(38-32)35(41)26-10-5-2-6-11-26)42-29-13-7-12-28(22-29)37-34(40)25-8-3-1-4-9-25/h1-23H,(H,37,40)/b21-16+. The van der Waals surface area contributed by atoms with E-state index in [2.05, 4.69) is 10.4 Å². The number of carbonyl (C=O) groups excluding carboxylic acids is 2. The molecule has 0 saturated heterocycles. The van der Waals surface area contributed by atoms with Crippen molar-refractivity contribution in [3.05, 3.63) is 155 Å². The molecule has 0 atom stereocenters. The van der Waals surface area contributed by atoms with Gasteiger partial charge in [-0.15, -0.1) is 0 Å². The molecule has 0 aliphatic heterocycles. The maximum absolute atomic E-state index is 13.5. The monoisotopic (exact) mass is 569 g/mol. The Morgan fingerprint density at radius 2 is 1.40 bits per heavy atom. The molecule has 5 aromatic carbocycles. The van der Waals surface area contributed by atoms with Crippen LogP contribution in [0.15, 0.2) is 127 Å². The molecule has 0 aliphatic rings. The average Bonchev–Trinajstić information content (AvgIpc) is 3.39. The average molecular weight is 570 g/mol. The van der Waals surface area contributed by atoms with Crippen LogP contribution in [0.5, 0.6) is 11.5 Å². The molecule has 0 fully saturated rings. The van der Waals surface area contributed by atoms with Crippen molar-refractivity contribution in [1.29, 1.82) is 0 Å². The Hall–Kier alpha value is -5.46. The van der Waals surface area contributed by atoms with E-state index in [1.165, 1.54) is 4.68 Å². The molecule has 1 heterocycles. The van der Waals surface area contributed by atoms with Gasteiger partial charge in [-0.1, -0.05) is 72.3 Å². The highest BCUT2D eigenvalue weighted by Gasteiger charge is 2.17. The fourth-order valence-electron chi connectivity index (χ4n) is 4.48. The topological polar surface area (TPSA) is 73.2 Å². The van der Waals surface area contributed by atoms with Gasteiger partial charge in [-0.2, -0.15) is 9.78 Å². The van der Waals surface area contributed by atoms with Gasteiger partial charge in [-0.05, 0) is 72.3 Å². The van der Waals surface area contributed by atoms with Crippen LogP contribution >= 0.6 is 11.6 Å². The first-order valence-electron chi connectivity index (χ1n) is 13.2. The molecule has 0 aliphatic carbocycles. The van der Waals surface area contributed by atoms with Gasteiger partial charge < -0.3 is 10.1 Å². The second kappa shape index (κ2) is 12.0. The third-order valence-corrected chi connectivity index (χ3v) is 6.81. The third-order valence-electron chi connectivity index (χ3n) is 6.56. The Kier molecular flexibility index (Phi) is 7.62. The van der Waals surface area contributed by atoms with Crippen LogP contribution < -0.4 is 10.1 Å². The lowest BCUT2D eigenvalue weighted by atomic mass is 10.1. The number of hydrogen-bond donors (Lipinski definition) is 1. The van der Waals surface area contributed by atoms with Crippen LogP contribution in [0.25, 0.3) is 23.1 Å². The zero-order valence-corrected chi connectivity index (χ0v) is 23.0. The Morgan fingerprint density at radius 1 is 0.714 bits per heavy atom. The summed E-state index contributed by atoms with van der Waals surface area (Å²) in [5.74, 6) is 0.582. The summed E-state index contributed by atoms with van der Waals surface area (Å²) in [7, 11) is 0. The van der Waals surface area contributed by atoms with Crippen LogP contribution in [0.1, 0.15) is 32.0 Å². The molecule has 1 amide bonds. The zero-order chi connectivity index (χ0) is 28.9. The van der Waals surface area contributed by atoms with Crippen LogP contribution in [-0.4, -0.2) is 21.6 Å². The van der Waals surface area contributed by atoms with Crippen molar-refractivity contribution < 1.29 is 14.3 Å². The summed E-state index contributed by atoms with van der Waals surface area (Å²) in [5, 5.41) is 9.02. The molecule has 6 nitrogen and oxygen atoms in total. The molecule has 7 heteroatoms. The Bertz CT molecular complexity index is 1920. The van der Waals surface area contributed by atoms with Crippen molar-refractivity contribution in [3.8, 4) is 11.5 Å². The van der Waals surface area contributed by atoms with Gasteiger partial charge in [0.05, 0.1) is 11.2 Å². The van der Waals surface area contributed by atoms with Crippen molar-refractivity contribution in [3.63, 3.8) is 0 Å². The SMILES string of the molecule is O=C(Nc1cccc(Oc2ccc3c(/C=C/c4ccc(Cl)cc4)nn(C(=O)c4ccccc4)c3c2)c1)c1ccccc1. The van der Waals surface area contributed by atoms with Gasteiger partial charge in [0.25, 0.3) is 11.8 Å². The van der Waals surface area contributed by atoms with Crippen molar-refractivity contribution in [2.75, 3.05) is 5.32 Å². The molecular weight excluding hydrogens is 546 g/mol. The first-order chi connectivity index (χ1) is 20.5. The van der Waals surface area contributed by atoms with E-state index in [1.54, 1.807) is 54.6 Å². The van der Waals surface area contributed by atoms with Gasteiger partial charge in [0.15, 0.2) is 0 Å². The van der Waals surface area contributed by atoms with E-state index in [1.807, 2.05) is 84.9 Å². The van der Waals surface area contributed by atoms with Crippen molar-refractivity contribution in [2.24, 2.45) is 0 Å². The van der Waals surface area contributed by atoms with E-state index < -0.39 is 0 Å². The molecule has 0 radical (unpaired) electrons. The second-order valence-corrected chi connectivity index (χ2v) is 9.92. The lowest BCUT2D eigenvalue weighted by Gasteiger charge is -2.10. The Labute approximate surface area is 247 Å². The predicted molar refractivity (Wildman–Crippen MR) is 167 cm³/mol. The number of nitrogens with one attached hydrogen (secondary N) is 1. The number of rotatable bonds is 7. The summed E-state index contributed by atoms with van der Waals surface area (Å²) >= 11 is 6.02. The highest BCUT2D eigenvalue weighted by molar-refractivity contribution is 6.30. The van der Waals surface area contributed by atoms with E-state index in [4.69, 9.17) is 16.3 Å². The zero-order valence-electron chi connectivity index (χ0n) is 22.3.